The normalized spacial score (nSPS) is 25.5. The zero-order chi connectivity index (χ0) is 22.0. The van der Waals surface area contributed by atoms with Crippen LogP contribution in [0.3, 0.4) is 0 Å². The fourth-order valence-electron chi connectivity index (χ4n) is 5.45. The molecule has 1 saturated heterocycles. The zero-order valence-electron chi connectivity index (χ0n) is 18.9. The number of likely N-dealkylation sites (tertiary alicyclic amines) is 1. The number of nitrogens with one attached hydrogen (secondary N) is 2. The van der Waals surface area contributed by atoms with E-state index in [0.717, 1.165) is 55.0 Å². The molecule has 2 aliphatic rings. The third-order valence-electron chi connectivity index (χ3n) is 7.21. The molecule has 0 spiro atoms. The van der Waals surface area contributed by atoms with Crippen LogP contribution in [0.2, 0.25) is 0 Å². The lowest BCUT2D eigenvalue weighted by Gasteiger charge is -2.45. The van der Waals surface area contributed by atoms with E-state index in [1.165, 1.54) is 5.56 Å². The van der Waals surface area contributed by atoms with Gasteiger partial charge in [0.15, 0.2) is 11.5 Å². The second kappa shape index (κ2) is 8.79. The van der Waals surface area contributed by atoms with Crippen molar-refractivity contribution in [2.24, 2.45) is 0 Å². The van der Waals surface area contributed by atoms with Crippen molar-refractivity contribution in [2.75, 3.05) is 33.1 Å². The van der Waals surface area contributed by atoms with Crippen molar-refractivity contribution in [3.05, 3.63) is 53.6 Å². The van der Waals surface area contributed by atoms with Crippen molar-refractivity contribution >= 4 is 11.7 Å². The van der Waals surface area contributed by atoms with Crippen LogP contribution < -0.4 is 20.1 Å². The summed E-state index contributed by atoms with van der Waals surface area (Å²) in [7, 11) is 5.55. The Morgan fingerprint density at radius 2 is 1.87 bits per heavy atom. The molecule has 3 unspecified atom stereocenters. The van der Waals surface area contributed by atoms with Crippen molar-refractivity contribution in [2.45, 2.75) is 50.1 Å². The first-order valence-electron chi connectivity index (χ1n) is 11.0. The van der Waals surface area contributed by atoms with Crippen molar-refractivity contribution in [1.82, 2.24) is 10.2 Å². The fraction of sp³-hybridized carbons (Fsp3) is 0.480. The highest BCUT2D eigenvalue weighted by molar-refractivity contribution is 5.90. The number of para-hydroxylation sites is 1. The monoisotopic (exact) mass is 423 g/mol. The van der Waals surface area contributed by atoms with Crippen LogP contribution in [-0.4, -0.2) is 50.8 Å². The molecule has 2 N–H and O–H groups in total. The lowest BCUT2D eigenvalue weighted by molar-refractivity contribution is 0.156. The number of methoxy groups -OCH3 is 2. The van der Waals surface area contributed by atoms with E-state index >= 15 is 0 Å². The molecule has 6 heteroatoms. The molecular formula is C25H33N3O3. The van der Waals surface area contributed by atoms with E-state index in [4.69, 9.17) is 9.47 Å². The lowest BCUT2D eigenvalue weighted by atomic mass is 9.65. The average molecular weight is 424 g/mol. The topological polar surface area (TPSA) is 62.8 Å². The molecule has 0 radical (unpaired) electrons. The van der Waals surface area contributed by atoms with Gasteiger partial charge in [0.25, 0.3) is 0 Å². The predicted molar refractivity (Wildman–Crippen MR) is 123 cm³/mol. The summed E-state index contributed by atoms with van der Waals surface area (Å²) in [5, 5.41) is 6.22. The Hall–Kier alpha value is -2.73. The number of nitrogens with zero attached hydrogens (tertiary/aromatic N) is 1. The van der Waals surface area contributed by atoms with Crippen LogP contribution in [0.25, 0.3) is 0 Å². The van der Waals surface area contributed by atoms with Crippen LogP contribution in [0.1, 0.15) is 36.8 Å². The van der Waals surface area contributed by atoms with Gasteiger partial charge < -0.3 is 25.0 Å². The SMILES string of the molecule is COc1ccc(C23CCC(NC(=O)Nc4ccccc4C)CC2N(C)CC3)cc1OC. The second-order valence-electron chi connectivity index (χ2n) is 8.86. The van der Waals surface area contributed by atoms with Gasteiger partial charge in [0.1, 0.15) is 0 Å². The standard InChI is InChI=1S/C25H33N3O3/c1-17-7-5-6-8-20(17)27-24(29)26-19-11-12-25(13-14-28(2)23(25)16-19)18-9-10-21(30-3)22(15-18)31-4/h5-10,15,19,23H,11-14,16H2,1-4H3,(H2,26,27,29). The number of anilines is 1. The summed E-state index contributed by atoms with van der Waals surface area (Å²) < 4.78 is 11.0. The molecule has 6 nitrogen and oxygen atoms in total. The predicted octanol–water partition coefficient (Wildman–Crippen LogP) is 4.33. The van der Waals surface area contributed by atoms with E-state index in [2.05, 4.69) is 34.7 Å². The molecule has 2 fully saturated rings. The van der Waals surface area contributed by atoms with Crippen LogP contribution in [-0.2, 0) is 5.41 Å². The van der Waals surface area contributed by atoms with E-state index in [0.29, 0.717) is 6.04 Å². The van der Waals surface area contributed by atoms with Gasteiger partial charge in [-0.25, -0.2) is 4.79 Å². The minimum absolute atomic E-state index is 0.0823. The Kier molecular flexibility index (Phi) is 6.10. The number of hydrogen-bond donors (Lipinski definition) is 2. The van der Waals surface area contributed by atoms with Gasteiger partial charge >= 0.3 is 6.03 Å². The Balaban J connectivity index is 1.49. The first kappa shape index (κ1) is 21.5. The minimum Gasteiger partial charge on any atom is -0.493 e. The van der Waals surface area contributed by atoms with Gasteiger partial charge in [0.05, 0.1) is 14.2 Å². The number of hydrogen-bond acceptors (Lipinski definition) is 4. The van der Waals surface area contributed by atoms with Crippen molar-refractivity contribution in [1.29, 1.82) is 0 Å². The maximum Gasteiger partial charge on any atom is 0.319 e. The maximum atomic E-state index is 12.6. The third-order valence-corrected chi connectivity index (χ3v) is 7.21. The van der Waals surface area contributed by atoms with Gasteiger partial charge in [-0.3, -0.25) is 0 Å². The molecule has 31 heavy (non-hydrogen) atoms. The first-order chi connectivity index (χ1) is 15.0. The van der Waals surface area contributed by atoms with Crippen molar-refractivity contribution in [3.8, 4) is 11.5 Å². The second-order valence-corrected chi connectivity index (χ2v) is 8.86. The summed E-state index contributed by atoms with van der Waals surface area (Å²) in [5.41, 5.74) is 3.30. The maximum absolute atomic E-state index is 12.6. The zero-order valence-corrected chi connectivity index (χ0v) is 18.9. The summed E-state index contributed by atoms with van der Waals surface area (Å²) in [6.45, 7) is 3.06. The fourth-order valence-corrected chi connectivity index (χ4v) is 5.45. The van der Waals surface area contributed by atoms with Crippen LogP contribution in [0, 0.1) is 6.92 Å². The lowest BCUT2D eigenvalue weighted by Crippen LogP contribution is -2.52. The highest BCUT2D eigenvalue weighted by atomic mass is 16.5. The number of urea groups is 1. The van der Waals surface area contributed by atoms with E-state index in [9.17, 15) is 4.79 Å². The molecule has 2 aromatic carbocycles. The summed E-state index contributed by atoms with van der Waals surface area (Å²) in [6, 6.07) is 14.6. The molecule has 1 aliphatic carbocycles. The number of carbonyl (C=O) groups excluding carboxylic acids is 1. The number of fused-ring (bicyclic) bond motifs is 1. The smallest absolute Gasteiger partial charge is 0.319 e. The molecule has 1 aliphatic heterocycles. The Bertz CT molecular complexity index is 947. The van der Waals surface area contributed by atoms with Gasteiger partial charge in [-0.05, 0) is 75.5 Å². The Morgan fingerprint density at radius 1 is 1.10 bits per heavy atom. The van der Waals surface area contributed by atoms with Crippen LogP contribution in [0.15, 0.2) is 42.5 Å². The summed E-state index contributed by atoms with van der Waals surface area (Å²) in [6.07, 6.45) is 4.05. The van der Waals surface area contributed by atoms with Crippen molar-refractivity contribution in [3.63, 3.8) is 0 Å². The quantitative estimate of drug-likeness (QED) is 0.752. The number of carbonyl (C=O) groups is 1. The van der Waals surface area contributed by atoms with Crippen LogP contribution in [0.4, 0.5) is 10.5 Å². The number of amides is 2. The molecule has 2 aromatic rings. The van der Waals surface area contributed by atoms with Crippen molar-refractivity contribution < 1.29 is 14.3 Å². The average Bonchev–Trinajstić information content (AvgIpc) is 3.12. The number of ether oxygens (including phenoxy) is 2. The number of likely N-dealkylation sites (N-methyl/N-ethyl adjacent to an activating group) is 1. The van der Waals surface area contributed by atoms with Gasteiger partial charge in [-0.15, -0.1) is 0 Å². The molecule has 4 rings (SSSR count). The third kappa shape index (κ3) is 4.09. The molecule has 166 valence electrons. The highest BCUT2D eigenvalue weighted by Gasteiger charge is 2.50. The summed E-state index contributed by atoms with van der Waals surface area (Å²) >= 11 is 0. The molecule has 0 aromatic heterocycles. The molecule has 1 heterocycles. The molecule has 2 amide bonds. The van der Waals surface area contributed by atoms with Gasteiger partial charge in [-0.2, -0.15) is 0 Å². The van der Waals surface area contributed by atoms with Gasteiger partial charge in [0, 0.05) is 23.2 Å². The Morgan fingerprint density at radius 3 is 2.61 bits per heavy atom. The number of rotatable bonds is 5. The van der Waals surface area contributed by atoms with Crippen LogP contribution >= 0.6 is 0 Å². The number of aryl methyl sites for hydroxylation is 1. The largest absolute Gasteiger partial charge is 0.493 e. The Labute approximate surface area is 184 Å². The van der Waals surface area contributed by atoms with E-state index in [1.54, 1.807) is 14.2 Å². The van der Waals surface area contributed by atoms with Crippen LogP contribution in [0.5, 0.6) is 11.5 Å². The molecule has 1 saturated carbocycles. The minimum atomic E-state index is -0.126. The molecule has 3 atom stereocenters. The van der Waals surface area contributed by atoms with Gasteiger partial charge in [-0.1, -0.05) is 24.3 Å². The first-order valence-corrected chi connectivity index (χ1v) is 11.0. The molecule has 0 bridgehead atoms. The molecular weight excluding hydrogens is 390 g/mol. The highest BCUT2D eigenvalue weighted by Crippen LogP contribution is 2.49. The van der Waals surface area contributed by atoms with Gasteiger partial charge in [0.2, 0.25) is 0 Å². The van der Waals surface area contributed by atoms with E-state index < -0.39 is 0 Å². The van der Waals surface area contributed by atoms with E-state index in [-0.39, 0.29) is 17.5 Å². The summed E-state index contributed by atoms with van der Waals surface area (Å²) in [5.74, 6) is 1.54. The number of benzene rings is 2. The van der Waals surface area contributed by atoms with E-state index in [1.807, 2.05) is 37.3 Å². The summed E-state index contributed by atoms with van der Waals surface area (Å²) in [4.78, 5) is 15.1.